The van der Waals surface area contributed by atoms with E-state index in [9.17, 15) is 0 Å². The summed E-state index contributed by atoms with van der Waals surface area (Å²) in [4.78, 5) is 0. The maximum atomic E-state index is 5.77. The lowest BCUT2D eigenvalue weighted by Gasteiger charge is -2.06. The summed E-state index contributed by atoms with van der Waals surface area (Å²) in [5.74, 6) is 0.415. The third-order valence-corrected chi connectivity index (χ3v) is 1.99. The molecular formula is C7H8Cl2N2O2. The average molecular weight is 223 g/mol. The molecule has 0 aliphatic carbocycles. The standard InChI is InChI=1S/C7H8Cl2N2O2/c1-12-2-3-13-5-4-10-11-7(9)6(5)8/h4H,2-3H2,1H3. The van der Waals surface area contributed by atoms with E-state index in [1.165, 1.54) is 6.20 Å². The Balaban J connectivity index is 2.61. The van der Waals surface area contributed by atoms with E-state index >= 15 is 0 Å². The third kappa shape index (κ3) is 2.99. The zero-order valence-electron chi connectivity index (χ0n) is 6.96. The van der Waals surface area contributed by atoms with Crippen LogP contribution in [0.2, 0.25) is 10.2 Å². The number of hydrogen-bond acceptors (Lipinski definition) is 4. The van der Waals surface area contributed by atoms with E-state index < -0.39 is 0 Å². The number of methoxy groups -OCH3 is 1. The molecule has 0 radical (unpaired) electrons. The summed E-state index contributed by atoms with van der Waals surface area (Å²) in [6.45, 7) is 0.883. The van der Waals surface area contributed by atoms with Crippen LogP contribution in [-0.4, -0.2) is 30.5 Å². The van der Waals surface area contributed by atoms with Crippen molar-refractivity contribution in [2.75, 3.05) is 20.3 Å². The van der Waals surface area contributed by atoms with Crippen molar-refractivity contribution in [3.8, 4) is 5.75 Å². The summed E-state index contributed by atoms with van der Waals surface area (Å²) < 4.78 is 10.0. The number of hydrogen-bond donors (Lipinski definition) is 0. The Morgan fingerprint density at radius 2 is 2.15 bits per heavy atom. The van der Waals surface area contributed by atoms with Crippen LogP contribution in [0.15, 0.2) is 6.20 Å². The smallest absolute Gasteiger partial charge is 0.174 e. The summed E-state index contributed by atoms with van der Waals surface area (Å²) in [5.41, 5.74) is 0. The van der Waals surface area contributed by atoms with Gasteiger partial charge in [-0.15, -0.1) is 5.10 Å². The molecule has 0 bridgehead atoms. The Kier molecular flexibility index (Phi) is 4.21. The Morgan fingerprint density at radius 1 is 1.38 bits per heavy atom. The van der Waals surface area contributed by atoms with E-state index in [0.29, 0.717) is 19.0 Å². The minimum atomic E-state index is 0.136. The van der Waals surface area contributed by atoms with Gasteiger partial charge in [-0.2, -0.15) is 5.10 Å². The van der Waals surface area contributed by atoms with Crippen LogP contribution in [0, 0.1) is 0 Å². The number of rotatable bonds is 4. The molecule has 1 rings (SSSR count). The van der Waals surface area contributed by atoms with Crippen molar-refractivity contribution in [2.45, 2.75) is 0 Å². The Labute approximate surface area is 85.8 Å². The van der Waals surface area contributed by atoms with Crippen molar-refractivity contribution in [1.29, 1.82) is 0 Å². The van der Waals surface area contributed by atoms with Gasteiger partial charge in [0.2, 0.25) is 0 Å². The Morgan fingerprint density at radius 3 is 2.85 bits per heavy atom. The molecule has 0 aliphatic rings. The second kappa shape index (κ2) is 5.21. The second-order valence-electron chi connectivity index (χ2n) is 2.15. The lowest BCUT2D eigenvalue weighted by atomic mass is 10.5. The zero-order chi connectivity index (χ0) is 9.68. The van der Waals surface area contributed by atoms with Gasteiger partial charge in [0.1, 0.15) is 11.6 Å². The van der Waals surface area contributed by atoms with Gasteiger partial charge in [-0.25, -0.2) is 0 Å². The molecule has 1 aromatic rings. The largest absolute Gasteiger partial charge is 0.488 e. The van der Waals surface area contributed by atoms with Gasteiger partial charge in [0, 0.05) is 7.11 Å². The molecule has 13 heavy (non-hydrogen) atoms. The average Bonchev–Trinajstić information content (AvgIpc) is 2.13. The summed E-state index contributed by atoms with van der Waals surface area (Å²) in [7, 11) is 1.59. The lowest BCUT2D eigenvalue weighted by molar-refractivity contribution is 0.146. The molecule has 0 unspecified atom stereocenters. The summed E-state index contributed by atoms with van der Waals surface area (Å²) in [6.07, 6.45) is 1.41. The fraction of sp³-hybridized carbons (Fsp3) is 0.429. The quantitative estimate of drug-likeness (QED) is 0.730. The van der Waals surface area contributed by atoms with Crippen LogP contribution >= 0.6 is 23.2 Å². The van der Waals surface area contributed by atoms with Gasteiger partial charge in [0.25, 0.3) is 0 Å². The molecule has 0 spiro atoms. The molecule has 0 saturated carbocycles. The van der Waals surface area contributed by atoms with Crippen molar-refractivity contribution in [3.05, 3.63) is 16.4 Å². The van der Waals surface area contributed by atoms with Gasteiger partial charge in [-0.1, -0.05) is 23.2 Å². The normalized spacial score (nSPS) is 10.1. The molecule has 6 heteroatoms. The van der Waals surface area contributed by atoms with Gasteiger partial charge in [-0.05, 0) is 0 Å². The molecule has 1 aromatic heterocycles. The van der Waals surface area contributed by atoms with Gasteiger partial charge in [-0.3, -0.25) is 0 Å². The van der Waals surface area contributed by atoms with Crippen molar-refractivity contribution in [2.24, 2.45) is 0 Å². The van der Waals surface area contributed by atoms with Gasteiger partial charge >= 0.3 is 0 Å². The third-order valence-electron chi connectivity index (χ3n) is 1.26. The Hall–Kier alpha value is -0.580. The van der Waals surface area contributed by atoms with Crippen LogP contribution in [-0.2, 0) is 4.74 Å². The van der Waals surface area contributed by atoms with Gasteiger partial charge in [0.05, 0.1) is 12.8 Å². The molecule has 0 atom stereocenters. The number of aromatic nitrogens is 2. The van der Waals surface area contributed by atoms with Crippen LogP contribution < -0.4 is 4.74 Å². The van der Waals surface area contributed by atoms with Crippen LogP contribution in [0.1, 0.15) is 0 Å². The topological polar surface area (TPSA) is 44.2 Å². The minimum Gasteiger partial charge on any atom is -0.488 e. The van der Waals surface area contributed by atoms with Crippen LogP contribution in [0.5, 0.6) is 5.75 Å². The first kappa shape index (κ1) is 10.5. The van der Waals surface area contributed by atoms with E-state index in [1.807, 2.05) is 0 Å². The maximum Gasteiger partial charge on any atom is 0.174 e. The monoisotopic (exact) mass is 222 g/mol. The van der Waals surface area contributed by atoms with Crippen molar-refractivity contribution >= 4 is 23.2 Å². The number of ether oxygens (including phenoxy) is 2. The first-order chi connectivity index (χ1) is 6.25. The Bertz CT molecular complexity index is 283. The van der Waals surface area contributed by atoms with E-state index in [0.717, 1.165) is 0 Å². The van der Waals surface area contributed by atoms with Crippen LogP contribution in [0.4, 0.5) is 0 Å². The van der Waals surface area contributed by atoms with E-state index in [-0.39, 0.29) is 10.2 Å². The van der Waals surface area contributed by atoms with Gasteiger partial charge in [0.15, 0.2) is 10.9 Å². The molecule has 0 N–H and O–H groups in total. The minimum absolute atomic E-state index is 0.136. The second-order valence-corrected chi connectivity index (χ2v) is 2.89. The predicted molar refractivity (Wildman–Crippen MR) is 49.4 cm³/mol. The van der Waals surface area contributed by atoms with Crippen LogP contribution in [0.25, 0.3) is 0 Å². The summed E-state index contributed by atoms with van der Waals surface area (Å²) in [5, 5.41) is 7.54. The molecule has 72 valence electrons. The highest BCUT2D eigenvalue weighted by atomic mass is 35.5. The van der Waals surface area contributed by atoms with Crippen molar-refractivity contribution in [3.63, 3.8) is 0 Å². The summed E-state index contributed by atoms with van der Waals surface area (Å²) >= 11 is 11.4. The first-order valence-corrected chi connectivity index (χ1v) is 4.29. The first-order valence-electron chi connectivity index (χ1n) is 3.54. The highest BCUT2D eigenvalue weighted by Crippen LogP contribution is 2.28. The molecule has 0 aliphatic heterocycles. The van der Waals surface area contributed by atoms with Crippen molar-refractivity contribution in [1.82, 2.24) is 10.2 Å². The fourth-order valence-corrected chi connectivity index (χ4v) is 0.948. The molecular weight excluding hydrogens is 215 g/mol. The molecule has 0 saturated heterocycles. The highest BCUT2D eigenvalue weighted by molar-refractivity contribution is 6.42. The summed E-state index contributed by atoms with van der Waals surface area (Å²) in [6, 6.07) is 0. The lowest BCUT2D eigenvalue weighted by Crippen LogP contribution is -2.05. The zero-order valence-corrected chi connectivity index (χ0v) is 8.47. The van der Waals surface area contributed by atoms with Crippen molar-refractivity contribution < 1.29 is 9.47 Å². The highest BCUT2D eigenvalue weighted by Gasteiger charge is 2.06. The predicted octanol–water partition coefficient (Wildman–Crippen LogP) is 1.81. The van der Waals surface area contributed by atoms with Gasteiger partial charge < -0.3 is 9.47 Å². The van der Waals surface area contributed by atoms with E-state index in [2.05, 4.69) is 10.2 Å². The molecule has 0 aromatic carbocycles. The van der Waals surface area contributed by atoms with E-state index in [1.54, 1.807) is 7.11 Å². The molecule has 1 heterocycles. The maximum absolute atomic E-state index is 5.77. The van der Waals surface area contributed by atoms with E-state index in [4.69, 9.17) is 32.7 Å². The molecule has 0 fully saturated rings. The molecule has 4 nitrogen and oxygen atoms in total. The SMILES string of the molecule is COCCOc1cnnc(Cl)c1Cl. The number of halogens is 2. The van der Waals surface area contributed by atoms with Crippen LogP contribution in [0.3, 0.4) is 0 Å². The number of nitrogens with zero attached hydrogens (tertiary/aromatic N) is 2. The fourth-order valence-electron chi connectivity index (χ4n) is 0.670. The molecule has 0 amide bonds.